The molecule has 7 nitrogen and oxygen atoms in total. The molecule has 1 fully saturated rings. The number of rotatable bonds is 4. The minimum atomic E-state index is -4.62. The van der Waals surface area contributed by atoms with Crippen molar-refractivity contribution in [2.24, 2.45) is 4.99 Å². The summed E-state index contributed by atoms with van der Waals surface area (Å²) in [6.45, 7) is 2.71. The molecule has 1 aromatic carbocycles. The smallest absolute Gasteiger partial charge is 0.305 e. The summed E-state index contributed by atoms with van der Waals surface area (Å²) in [7, 11) is 0. The minimum Gasteiger partial charge on any atom is -0.305 e. The van der Waals surface area contributed by atoms with Crippen molar-refractivity contribution in [3.8, 4) is 11.4 Å². The first-order valence-electron chi connectivity index (χ1n) is 12.4. The van der Waals surface area contributed by atoms with Gasteiger partial charge in [-0.3, -0.25) is 19.6 Å². The van der Waals surface area contributed by atoms with Crippen LogP contribution in [0.3, 0.4) is 0 Å². The maximum absolute atomic E-state index is 14.1. The summed E-state index contributed by atoms with van der Waals surface area (Å²) < 4.78 is 68.8. The number of halogens is 5. The van der Waals surface area contributed by atoms with E-state index < -0.39 is 23.5 Å². The SMILES string of the molecule is CCN1C(=O)c2nc(-c3ccc(C(F)(F)F)nc3)n(Cc3ccc(F)c(F)c3)c2N2CC3(CCCC3)N=C12. The second kappa shape index (κ2) is 8.60. The third-order valence-corrected chi connectivity index (χ3v) is 7.40. The Bertz CT molecular complexity index is 1460. The summed E-state index contributed by atoms with van der Waals surface area (Å²) in [6.07, 6.45) is 0.231. The number of imidazole rings is 1. The van der Waals surface area contributed by atoms with E-state index in [2.05, 4.69) is 9.97 Å². The Hall–Kier alpha value is -3.83. The first kappa shape index (κ1) is 24.5. The number of guanidine groups is 1. The number of hydrogen-bond acceptors (Lipinski definition) is 5. The maximum atomic E-state index is 14.1. The molecule has 12 heteroatoms. The number of benzene rings is 1. The van der Waals surface area contributed by atoms with Crippen molar-refractivity contribution in [1.29, 1.82) is 0 Å². The van der Waals surface area contributed by atoms with Crippen LogP contribution in [0.2, 0.25) is 0 Å². The van der Waals surface area contributed by atoms with Gasteiger partial charge in [-0.15, -0.1) is 0 Å². The van der Waals surface area contributed by atoms with E-state index in [9.17, 15) is 26.7 Å². The van der Waals surface area contributed by atoms with Crippen LogP contribution in [0.1, 0.15) is 54.4 Å². The third-order valence-electron chi connectivity index (χ3n) is 7.40. The lowest BCUT2D eigenvalue weighted by Gasteiger charge is -2.34. The van der Waals surface area contributed by atoms with Gasteiger partial charge in [0.05, 0.1) is 18.6 Å². The highest BCUT2D eigenvalue weighted by Crippen LogP contribution is 2.44. The van der Waals surface area contributed by atoms with Gasteiger partial charge >= 0.3 is 6.18 Å². The van der Waals surface area contributed by atoms with Gasteiger partial charge in [-0.05, 0) is 49.6 Å². The zero-order valence-corrected chi connectivity index (χ0v) is 20.4. The van der Waals surface area contributed by atoms with Crippen molar-refractivity contribution >= 4 is 17.7 Å². The average Bonchev–Trinajstić information content (AvgIpc) is 3.59. The molecule has 0 saturated heterocycles. The van der Waals surface area contributed by atoms with Gasteiger partial charge in [0.25, 0.3) is 5.91 Å². The zero-order valence-electron chi connectivity index (χ0n) is 20.4. The highest BCUT2D eigenvalue weighted by atomic mass is 19.4. The molecule has 3 aliphatic rings. The lowest BCUT2D eigenvalue weighted by atomic mass is 9.99. The molecule has 2 aromatic heterocycles. The normalized spacial score (nSPS) is 18.3. The number of alkyl halides is 3. The summed E-state index contributed by atoms with van der Waals surface area (Å²) in [5.41, 5.74) is -0.631. The number of pyridine rings is 1. The van der Waals surface area contributed by atoms with E-state index >= 15 is 0 Å². The van der Waals surface area contributed by atoms with Gasteiger partial charge in [0.15, 0.2) is 17.3 Å². The Morgan fingerprint density at radius 3 is 2.45 bits per heavy atom. The van der Waals surface area contributed by atoms with E-state index in [1.807, 2.05) is 11.8 Å². The Morgan fingerprint density at radius 1 is 1.05 bits per heavy atom. The predicted molar refractivity (Wildman–Crippen MR) is 129 cm³/mol. The predicted octanol–water partition coefficient (Wildman–Crippen LogP) is 5.25. The Balaban J connectivity index is 1.53. The van der Waals surface area contributed by atoms with Crippen molar-refractivity contribution in [3.05, 3.63) is 65.1 Å². The molecule has 198 valence electrons. The highest BCUT2D eigenvalue weighted by molar-refractivity contribution is 6.18. The van der Waals surface area contributed by atoms with Crippen LogP contribution in [0.25, 0.3) is 11.4 Å². The Kier molecular flexibility index (Phi) is 5.55. The fourth-order valence-electron chi connectivity index (χ4n) is 5.60. The summed E-state index contributed by atoms with van der Waals surface area (Å²) in [6, 6.07) is 5.57. The van der Waals surface area contributed by atoms with Crippen molar-refractivity contribution in [2.75, 3.05) is 18.0 Å². The van der Waals surface area contributed by atoms with Crippen LogP contribution in [0.4, 0.5) is 27.8 Å². The fourth-order valence-corrected chi connectivity index (χ4v) is 5.60. The largest absolute Gasteiger partial charge is 0.433 e. The Labute approximate surface area is 214 Å². The summed E-state index contributed by atoms with van der Waals surface area (Å²) in [4.78, 5) is 30.2. The average molecular weight is 531 g/mol. The lowest BCUT2D eigenvalue weighted by molar-refractivity contribution is -0.141. The topological polar surface area (TPSA) is 66.6 Å². The molecule has 1 aliphatic carbocycles. The van der Waals surface area contributed by atoms with E-state index in [-0.39, 0.29) is 35.1 Å². The number of aliphatic imine (C=N–C) groups is 1. The molecule has 0 unspecified atom stereocenters. The number of nitrogens with zero attached hydrogens (tertiary/aromatic N) is 6. The van der Waals surface area contributed by atoms with Crippen molar-refractivity contribution in [1.82, 2.24) is 19.4 Å². The monoisotopic (exact) mass is 530 g/mol. The second-order valence-corrected chi connectivity index (χ2v) is 9.85. The maximum Gasteiger partial charge on any atom is 0.433 e. The van der Waals surface area contributed by atoms with E-state index in [4.69, 9.17) is 4.99 Å². The summed E-state index contributed by atoms with van der Waals surface area (Å²) >= 11 is 0. The molecule has 6 rings (SSSR count). The van der Waals surface area contributed by atoms with E-state index in [0.717, 1.165) is 50.1 Å². The van der Waals surface area contributed by atoms with Crippen LogP contribution in [0.5, 0.6) is 0 Å². The molecule has 1 spiro atoms. The molecule has 4 heterocycles. The molecular weight excluding hydrogens is 507 g/mol. The van der Waals surface area contributed by atoms with Crippen LogP contribution in [-0.4, -0.2) is 49.9 Å². The minimum absolute atomic E-state index is 0.00786. The molecule has 0 bridgehead atoms. The van der Waals surface area contributed by atoms with Gasteiger partial charge < -0.3 is 4.57 Å². The number of anilines is 1. The second-order valence-electron chi connectivity index (χ2n) is 9.85. The molecule has 2 aliphatic heterocycles. The quantitative estimate of drug-likeness (QED) is 0.432. The zero-order chi connectivity index (χ0) is 26.8. The molecule has 38 heavy (non-hydrogen) atoms. The Morgan fingerprint density at radius 2 is 1.82 bits per heavy atom. The molecule has 0 N–H and O–H groups in total. The molecule has 3 aromatic rings. The highest BCUT2D eigenvalue weighted by Gasteiger charge is 2.50. The number of carbonyl (C=O) groups excluding carboxylic acids is 1. The summed E-state index contributed by atoms with van der Waals surface area (Å²) in [5.74, 6) is -1.27. The lowest BCUT2D eigenvalue weighted by Crippen LogP contribution is -2.51. The van der Waals surface area contributed by atoms with Gasteiger partial charge in [-0.2, -0.15) is 13.2 Å². The van der Waals surface area contributed by atoms with Crippen LogP contribution in [0.15, 0.2) is 41.5 Å². The van der Waals surface area contributed by atoms with Gasteiger partial charge in [-0.25, -0.2) is 18.8 Å². The van der Waals surface area contributed by atoms with Crippen molar-refractivity contribution in [2.45, 2.75) is 50.9 Å². The van der Waals surface area contributed by atoms with Crippen molar-refractivity contribution in [3.63, 3.8) is 0 Å². The van der Waals surface area contributed by atoms with Crippen LogP contribution in [0, 0.1) is 11.6 Å². The van der Waals surface area contributed by atoms with Crippen molar-refractivity contribution < 1.29 is 26.7 Å². The van der Waals surface area contributed by atoms with Gasteiger partial charge in [0.2, 0.25) is 5.96 Å². The standard InChI is InChI=1S/C26H23F5N6O/c1-2-35-23(38)20-22(37-14-25(34-24(35)37)9-3-4-10-25)36(13-15-5-7-17(27)18(28)11-15)21(33-20)16-6-8-19(32-12-16)26(29,30)31/h5-8,11-12H,2-4,9-10,13-14H2,1H3. The number of carbonyl (C=O) groups is 1. The summed E-state index contributed by atoms with van der Waals surface area (Å²) in [5, 5.41) is 0. The number of amides is 1. The van der Waals surface area contributed by atoms with E-state index in [1.54, 1.807) is 9.47 Å². The van der Waals surface area contributed by atoms with Gasteiger partial charge in [0, 0.05) is 18.3 Å². The molecular formula is C26H23F5N6O. The van der Waals surface area contributed by atoms with Gasteiger partial charge in [0.1, 0.15) is 17.3 Å². The first-order valence-corrected chi connectivity index (χ1v) is 12.4. The van der Waals surface area contributed by atoms with Crippen LogP contribution < -0.4 is 4.90 Å². The van der Waals surface area contributed by atoms with E-state index in [1.165, 1.54) is 12.1 Å². The third kappa shape index (κ3) is 3.84. The fraction of sp³-hybridized carbons (Fsp3) is 0.385. The van der Waals surface area contributed by atoms with Crippen LogP contribution in [-0.2, 0) is 12.7 Å². The van der Waals surface area contributed by atoms with Gasteiger partial charge in [-0.1, -0.05) is 18.9 Å². The number of aromatic nitrogens is 3. The van der Waals surface area contributed by atoms with Crippen LogP contribution >= 0.6 is 0 Å². The number of hydrogen-bond donors (Lipinski definition) is 0. The molecule has 1 saturated carbocycles. The number of fused-ring (bicyclic) bond motifs is 3. The van der Waals surface area contributed by atoms with E-state index in [0.29, 0.717) is 30.4 Å². The molecule has 1 amide bonds. The molecule has 0 atom stereocenters. The molecule has 0 radical (unpaired) electrons. The first-order chi connectivity index (χ1) is 18.1.